The van der Waals surface area contributed by atoms with Gasteiger partial charge in [0.15, 0.2) is 0 Å². The molecule has 1 rings (SSSR count). The number of thiazole rings is 1. The van der Waals surface area contributed by atoms with E-state index in [1.807, 2.05) is 13.1 Å². The molecule has 0 saturated carbocycles. The number of rotatable bonds is 6. The van der Waals surface area contributed by atoms with Gasteiger partial charge in [-0.25, -0.2) is 4.98 Å². The summed E-state index contributed by atoms with van der Waals surface area (Å²) in [6.45, 7) is 8.89. The lowest BCUT2D eigenvalue weighted by atomic mass is 10.4. The van der Waals surface area contributed by atoms with Crippen molar-refractivity contribution >= 4 is 11.3 Å². The fourth-order valence-electron chi connectivity index (χ4n) is 1.27. The highest BCUT2D eigenvalue weighted by molar-refractivity contribution is 7.11. The van der Waals surface area contributed by atoms with E-state index in [-0.39, 0.29) is 0 Å². The first kappa shape index (κ1) is 12.6. The summed E-state index contributed by atoms with van der Waals surface area (Å²) in [5.74, 6) is 0. The van der Waals surface area contributed by atoms with E-state index in [1.165, 1.54) is 4.88 Å². The molecule has 0 saturated heterocycles. The second kappa shape index (κ2) is 6.20. The predicted octanol–water partition coefficient (Wildman–Crippen LogP) is 2.31. The Morgan fingerprint density at radius 1 is 1.53 bits per heavy atom. The third kappa shape index (κ3) is 5.25. The molecule has 0 atom stereocenters. The Labute approximate surface area is 96.1 Å². The summed E-state index contributed by atoms with van der Waals surface area (Å²) in [5, 5.41) is 1.14. The molecular weight excluding hydrogens is 208 g/mol. The zero-order valence-corrected chi connectivity index (χ0v) is 10.8. The van der Waals surface area contributed by atoms with Crippen molar-refractivity contribution in [1.82, 2.24) is 9.88 Å². The van der Waals surface area contributed by atoms with E-state index in [0.717, 1.165) is 24.7 Å². The monoisotopic (exact) mass is 228 g/mol. The van der Waals surface area contributed by atoms with Crippen LogP contribution in [0.25, 0.3) is 0 Å². The quantitative estimate of drug-likeness (QED) is 0.747. The number of hydrogen-bond donors (Lipinski definition) is 0. The van der Waals surface area contributed by atoms with Crippen LogP contribution in [0.2, 0.25) is 0 Å². The average molecular weight is 228 g/mol. The lowest BCUT2D eigenvalue weighted by molar-refractivity contribution is 0.0628. The van der Waals surface area contributed by atoms with Gasteiger partial charge in [-0.1, -0.05) is 0 Å². The van der Waals surface area contributed by atoms with Gasteiger partial charge in [-0.3, -0.25) is 4.90 Å². The van der Waals surface area contributed by atoms with Crippen LogP contribution in [0, 0.1) is 6.92 Å². The summed E-state index contributed by atoms with van der Waals surface area (Å²) >= 11 is 1.76. The van der Waals surface area contributed by atoms with Gasteiger partial charge in [-0.2, -0.15) is 0 Å². The van der Waals surface area contributed by atoms with Crippen molar-refractivity contribution in [3.05, 3.63) is 16.1 Å². The van der Waals surface area contributed by atoms with Crippen molar-refractivity contribution in [3.8, 4) is 0 Å². The van der Waals surface area contributed by atoms with E-state index in [2.05, 4.69) is 30.8 Å². The highest BCUT2D eigenvalue weighted by Crippen LogP contribution is 2.13. The van der Waals surface area contributed by atoms with Gasteiger partial charge >= 0.3 is 0 Å². The normalized spacial score (nSPS) is 11.6. The Balaban J connectivity index is 2.21. The van der Waals surface area contributed by atoms with E-state index >= 15 is 0 Å². The molecule has 1 aromatic rings. The second-order valence-electron chi connectivity index (χ2n) is 4.00. The number of aromatic nitrogens is 1. The molecule has 0 fully saturated rings. The molecular formula is C11H20N2OS. The first-order valence-corrected chi connectivity index (χ1v) is 6.11. The highest BCUT2D eigenvalue weighted by Gasteiger charge is 2.03. The maximum atomic E-state index is 5.50. The van der Waals surface area contributed by atoms with Crippen molar-refractivity contribution in [3.63, 3.8) is 0 Å². The third-order valence-electron chi connectivity index (χ3n) is 2.02. The molecule has 0 spiro atoms. The van der Waals surface area contributed by atoms with Gasteiger partial charge in [0.25, 0.3) is 0 Å². The highest BCUT2D eigenvalue weighted by atomic mass is 32.1. The molecule has 0 aliphatic carbocycles. The van der Waals surface area contributed by atoms with Crippen LogP contribution < -0.4 is 0 Å². The van der Waals surface area contributed by atoms with E-state index in [0.29, 0.717) is 6.10 Å². The van der Waals surface area contributed by atoms with Crippen LogP contribution in [0.3, 0.4) is 0 Å². The maximum absolute atomic E-state index is 5.50. The van der Waals surface area contributed by atoms with Gasteiger partial charge < -0.3 is 4.74 Å². The molecule has 3 nitrogen and oxygen atoms in total. The van der Waals surface area contributed by atoms with Gasteiger partial charge in [0.2, 0.25) is 0 Å². The van der Waals surface area contributed by atoms with Gasteiger partial charge in [0, 0.05) is 24.2 Å². The number of ether oxygens (including phenoxy) is 1. The van der Waals surface area contributed by atoms with Crippen LogP contribution in [-0.2, 0) is 11.3 Å². The molecule has 0 unspecified atom stereocenters. The largest absolute Gasteiger partial charge is 0.377 e. The summed E-state index contributed by atoms with van der Waals surface area (Å²) in [6.07, 6.45) is 2.28. The number of nitrogens with zero attached hydrogens (tertiary/aromatic N) is 2. The smallest absolute Gasteiger partial charge is 0.0897 e. The SMILES string of the molecule is Cc1ncc(CN(C)CCOC(C)C)s1. The molecule has 0 N–H and O–H groups in total. The molecule has 0 aromatic carbocycles. The van der Waals surface area contributed by atoms with Crippen LogP contribution in [0.4, 0.5) is 0 Å². The number of likely N-dealkylation sites (N-methyl/N-ethyl adjacent to an activating group) is 1. The Morgan fingerprint density at radius 3 is 2.80 bits per heavy atom. The Bertz CT molecular complexity index is 286. The summed E-state index contributed by atoms with van der Waals surface area (Å²) in [5.41, 5.74) is 0. The zero-order valence-electron chi connectivity index (χ0n) is 9.99. The minimum Gasteiger partial charge on any atom is -0.377 e. The predicted molar refractivity (Wildman–Crippen MR) is 64.3 cm³/mol. The molecule has 86 valence electrons. The Kier molecular flexibility index (Phi) is 5.22. The molecule has 0 aliphatic rings. The van der Waals surface area contributed by atoms with Crippen molar-refractivity contribution in [2.45, 2.75) is 33.4 Å². The van der Waals surface area contributed by atoms with Gasteiger partial charge in [-0.05, 0) is 27.8 Å². The number of hydrogen-bond acceptors (Lipinski definition) is 4. The fourth-order valence-corrected chi connectivity index (χ4v) is 2.14. The zero-order chi connectivity index (χ0) is 11.3. The van der Waals surface area contributed by atoms with Gasteiger partial charge in [-0.15, -0.1) is 11.3 Å². The Hall–Kier alpha value is -0.450. The van der Waals surface area contributed by atoms with Crippen molar-refractivity contribution in [2.75, 3.05) is 20.2 Å². The topological polar surface area (TPSA) is 25.4 Å². The molecule has 1 aromatic heterocycles. The van der Waals surface area contributed by atoms with E-state index < -0.39 is 0 Å². The van der Waals surface area contributed by atoms with E-state index in [9.17, 15) is 0 Å². The van der Waals surface area contributed by atoms with Crippen molar-refractivity contribution in [2.24, 2.45) is 0 Å². The van der Waals surface area contributed by atoms with Crippen LogP contribution in [-0.4, -0.2) is 36.2 Å². The summed E-state index contributed by atoms with van der Waals surface area (Å²) < 4.78 is 5.50. The summed E-state index contributed by atoms with van der Waals surface area (Å²) in [7, 11) is 2.11. The van der Waals surface area contributed by atoms with Crippen molar-refractivity contribution < 1.29 is 4.74 Å². The van der Waals surface area contributed by atoms with Crippen LogP contribution in [0.5, 0.6) is 0 Å². The minimum absolute atomic E-state index is 0.323. The molecule has 15 heavy (non-hydrogen) atoms. The lowest BCUT2D eigenvalue weighted by Crippen LogP contribution is -2.23. The molecule has 1 heterocycles. The van der Waals surface area contributed by atoms with Crippen LogP contribution >= 0.6 is 11.3 Å². The molecule has 0 aliphatic heterocycles. The molecule has 4 heteroatoms. The van der Waals surface area contributed by atoms with Crippen LogP contribution in [0.15, 0.2) is 6.20 Å². The summed E-state index contributed by atoms with van der Waals surface area (Å²) in [4.78, 5) is 7.82. The lowest BCUT2D eigenvalue weighted by Gasteiger charge is -2.16. The standard InChI is InChI=1S/C11H20N2OS/c1-9(2)14-6-5-13(4)8-11-7-12-10(3)15-11/h7,9H,5-6,8H2,1-4H3. The van der Waals surface area contributed by atoms with Gasteiger partial charge in [0.05, 0.1) is 17.7 Å². The fraction of sp³-hybridized carbons (Fsp3) is 0.727. The van der Waals surface area contributed by atoms with Gasteiger partial charge in [0.1, 0.15) is 0 Å². The first-order chi connectivity index (χ1) is 7.08. The molecule has 0 amide bonds. The maximum Gasteiger partial charge on any atom is 0.0897 e. The Morgan fingerprint density at radius 2 is 2.27 bits per heavy atom. The van der Waals surface area contributed by atoms with E-state index in [4.69, 9.17) is 4.74 Å². The minimum atomic E-state index is 0.323. The van der Waals surface area contributed by atoms with Crippen molar-refractivity contribution in [1.29, 1.82) is 0 Å². The molecule has 0 radical (unpaired) electrons. The summed E-state index contributed by atoms with van der Waals surface area (Å²) in [6, 6.07) is 0. The average Bonchev–Trinajstić information content (AvgIpc) is 2.50. The molecule has 0 bridgehead atoms. The number of aryl methyl sites for hydroxylation is 1. The first-order valence-electron chi connectivity index (χ1n) is 5.29. The van der Waals surface area contributed by atoms with E-state index in [1.54, 1.807) is 11.3 Å². The third-order valence-corrected chi connectivity index (χ3v) is 2.92. The second-order valence-corrected chi connectivity index (χ2v) is 5.32. The van der Waals surface area contributed by atoms with Crippen LogP contribution in [0.1, 0.15) is 23.7 Å².